The molecule has 0 aliphatic heterocycles. The first kappa shape index (κ1) is 18.8. The number of allylic oxidation sites excluding steroid dienone is 4. The average molecular weight is 377 g/mol. The van der Waals surface area contributed by atoms with E-state index in [1.165, 1.54) is 12.2 Å². The highest BCUT2D eigenvalue weighted by atomic mass is 19.1. The van der Waals surface area contributed by atoms with Crippen molar-refractivity contribution in [2.45, 2.75) is 50.0 Å². The summed E-state index contributed by atoms with van der Waals surface area (Å²) in [6.45, 7) is 4.84. The van der Waals surface area contributed by atoms with Gasteiger partial charge < -0.3 is 15.3 Å². The van der Waals surface area contributed by atoms with Crippen LogP contribution in [0.2, 0.25) is 0 Å². The Hall–Kier alpha value is -1.50. The standard InChI is InChI=1S/C21H26FO5/c1-11-7-14-15-4-3-12-8-13(24)5-6-19(12,2)21(15,22)17(25)9-16(14)20(11,27)18(26)10-23/h5-6,8,11,14-17,23,25,27H,1,3-4,7,9-10H2,2H3/q+1. The Morgan fingerprint density at radius 1 is 1.37 bits per heavy atom. The normalized spacial score (nSPS) is 51.2. The predicted molar refractivity (Wildman–Crippen MR) is 95.0 cm³/mol. The minimum absolute atomic E-state index is 0.0728. The molecule has 0 bridgehead atoms. The van der Waals surface area contributed by atoms with Gasteiger partial charge in [0.15, 0.2) is 22.8 Å². The summed E-state index contributed by atoms with van der Waals surface area (Å²) in [5, 5.41) is 31.3. The monoisotopic (exact) mass is 377 g/mol. The summed E-state index contributed by atoms with van der Waals surface area (Å²) in [5.41, 5.74) is -4.22. The Morgan fingerprint density at radius 3 is 2.74 bits per heavy atom. The van der Waals surface area contributed by atoms with Crippen LogP contribution in [-0.2, 0) is 9.59 Å². The minimum Gasteiger partial charge on any atom is -0.390 e. The molecule has 3 fully saturated rings. The predicted octanol–water partition coefficient (Wildman–Crippen LogP) is 1.32. The zero-order valence-corrected chi connectivity index (χ0v) is 15.4. The number of hydrogen-bond acceptors (Lipinski definition) is 5. The van der Waals surface area contributed by atoms with Crippen molar-refractivity contribution in [1.29, 1.82) is 0 Å². The number of alkyl halides is 1. The lowest BCUT2D eigenvalue weighted by molar-refractivity contribution is -0.191. The summed E-state index contributed by atoms with van der Waals surface area (Å²) in [6.07, 6.45) is 4.28. The first-order chi connectivity index (χ1) is 12.6. The van der Waals surface area contributed by atoms with Crippen LogP contribution < -0.4 is 0 Å². The van der Waals surface area contributed by atoms with Crippen LogP contribution >= 0.6 is 0 Å². The SMILES string of the molecule is [CH2+]C1CC2C(CC(O)C3(F)C2CCC2=CC(=O)C=CC23C)C1(O)C(=O)CO. The fraction of sp³-hybridized carbons (Fsp3) is 0.667. The van der Waals surface area contributed by atoms with Gasteiger partial charge in [0, 0.05) is 17.3 Å². The Morgan fingerprint density at radius 2 is 2.07 bits per heavy atom. The van der Waals surface area contributed by atoms with E-state index < -0.39 is 52.9 Å². The van der Waals surface area contributed by atoms with E-state index in [0.29, 0.717) is 24.8 Å². The topological polar surface area (TPSA) is 94.8 Å². The molecule has 146 valence electrons. The van der Waals surface area contributed by atoms with Crippen molar-refractivity contribution in [2.24, 2.45) is 29.1 Å². The summed E-state index contributed by atoms with van der Waals surface area (Å²) < 4.78 is 16.7. The van der Waals surface area contributed by atoms with Crippen LogP contribution in [0.25, 0.3) is 0 Å². The second kappa shape index (κ2) is 5.75. The Labute approximate surface area is 158 Å². The Balaban J connectivity index is 1.78. The van der Waals surface area contributed by atoms with E-state index in [0.717, 1.165) is 0 Å². The van der Waals surface area contributed by atoms with Gasteiger partial charge in [-0.1, -0.05) is 11.6 Å². The molecule has 4 aliphatic rings. The summed E-state index contributed by atoms with van der Waals surface area (Å²) in [4.78, 5) is 24.1. The van der Waals surface area contributed by atoms with Gasteiger partial charge in [-0.2, -0.15) is 0 Å². The van der Waals surface area contributed by atoms with Gasteiger partial charge in [-0.15, -0.1) is 0 Å². The second-order valence-electron chi connectivity index (χ2n) is 8.88. The number of carbonyl (C=O) groups excluding carboxylic acids is 2. The highest BCUT2D eigenvalue weighted by Gasteiger charge is 2.72. The number of carbonyl (C=O) groups is 2. The number of hydrogen-bond donors (Lipinski definition) is 3. The van der Waals surface area contributed by atoms with Gasteiger partial charge in [0.2, 0.25) is 0 Å². The number of ketones is 2. The molecule has 4 rings (SSSR count). The van der Waals surface area contributed by atoms with Crippen LogP contribution in [0.1, 0.15) is 32.6 Å². The van der Waals surface area contributed by atoms with Gasteiger partial charge in [0.05, 0.1) is 13.0 Å². The number of fused-ring (bicyclic) bond motifs is 5. The molecule has 0 aromatic heterocycles. The van der Waals surface area contributed by atoms with Crippen molar-refractivity contribution in [2.75, 3.05) is 6.61 Å². The third-order valence-corrected chi connectivity index (χ3v) is 7.96. The molecule has 5 nitrogen and oxygen atoms in total. The number of halogens is 1. The summed E-state index contributed by atoms with van der Waals surface area (Å²) >= 11 is 0. The fourth-order valence-electron chi connectivity index (χ4n) is 6.53. The zero-order chi connectivity index (χ0) is 19.8. The lowest BCUT2D eigenvalue weighted by Gasteiger charge is -2.59. The van der Waals surface area contributed by atoms with Crippen molar-refractivity contribution in [3.63, 3.8) is 0 Å². The Kier molecular flexibility index (Phi) is 4.01. The molecule has 0 aromatic carbocycles. The molecule has 6 heteroatoms. The fourth-order valence-corrected chi connectivity index (χ4v) is 6.53. The van der Waals surface area contributed by atoms with Gasteiger partial charge in [-0.05, 0) is 50.7 Å². The molecule has 0 spiro atoms. The van der Waals surface area contributed by atoms with E-state index in [9.17, 15) is 24.9 Å². The maximum atomic E-state index is 16.7. The largest absolute Gasteiger partial charge is 0.390 e. The van der Waals surface area contributed by atoms with Crippen LogP contribution in [0.3, 0.4) is 0 Å². The maximum Gasteiger partial charge on any atom is 0.194 e. The van der Waals surface area contributed by atoms with Crippen molar-refractivity contribution in [3.05, 3.63) is 30.7 Å². The smallest absolute Gasteiger partial charge is 0.194 e. The maximum absolute atomic E-state index is 16.7. The van der Waals surface area contributed by atoms with E-state index >= 15 is 4.39 Å². The molecule has 0 saturated heterocycles. The quantitative estimate of drug-likeness (QED) is 0.631. The number of Topliss-reactive ketones (excluding diaryl/α,β-unsaturated/α-hetero) is 1. The molecule has 4 aliphatic carbocycles. The highest BCUT2D eigenvalue weighted by molar-refractivity contribution is 6.01. The third kappa shape index (κ3) is 2.12. The number of aliphatic hydroxyl groups excluding tert-OH is 2. The minimum atomic E-state index is -1.98. The molecule has 3 N–H and O–H groups in total. The highest BCUT2D eigenvalue weighted by Crippen LogP contribution is 2.66. The van der Waals surface area contributed by atoms with Crippen molar-refractivity contribution >= 4 is 11.6 Å². The lowest BCUT2D eigenvalue weighted by atomic mass is 9.48. The van der Waals surface area contributed by atoms with Gasteiger partial charge >= 0.3 is 0 Å². The number of rotatable bonds is 2. The van der Waals surface area contributed by atoms with Gasteiger partial charge in [-0.3, -0.25) is 9.59 Å². The van der Waals surface area contributed by atoms with Gasteiger partial charge in [0.1, 0.15) is 12.5 Å². The molecule has 8 atom stereocenters. The van der Waals surface area contributed by atoms with Gasteiger partial charge in [-0.25, -0.2) is 4.39 Å². The summed E-state index contributed by atoms with van der Waals surface area (Å²) in [5.74, 6) is -3.04. The van der Waals surface area contributed by atoms with Crippen LogP contribution in [0, 0.1) is 36.0 Å². The molecular weight excluding hydrogens is 351 g/mol. The molecular formula is C21H26FO5+. The summed E-state index contributed by atoms with van der Waals surface area (Å²) in [7, 11) is 0. The van der Waals surface area contributed by atoms with E-state index in [2.05, 4.69) is 6.92 Å². The van der Waals surface area contributed by atoms with Crippen molar-refractivity contribution in [3.8, 4) is 0 Å². The third-order valence-electron chi connectivity index (χ3n) is 7.96. The first-order valence-corrected chi connectivity index (χ1v) is 9.61. The summed E-state index contributed by atoms with van der Waals surface area (Å²) in [6, 6.07) is 0. The van der Waals surface area contributed by atoms with E-state index in [-0.39, 0.29) is 18.1 Å². The van der Waals surface area contributed by atoms with Gasteiger partial charge in [0.25, 0.3) is 0 Å². The van der Waals surface area contributed by atoms with E-state index in [4.69, 9.17) is 0 Å². The lowest BCUT2D eigenvalue weighted by Crippen LogP contribution is -2.66. The molecule has 3 saturated carbocycles. The zero-order valence-electron chi connectivity index (χ0n) is 15.4. The van der Waals surface area contributed by atoms with Crippen LogP contribution in [0.15, 0.2) is 23.8 Å². The van der Waals surface area contributed by atoms with Crippen LogP contribution in [0.5, 0.6) is 0 Å². The molecule has 0 heterocycles. The second-order valence-corrected chi connectivity index (χ2v) is 8.88. The molecule has 0 amide bonds. The number of aliphatic hydroxyl groups is 3. The van der Waals surface area contributed by atoms with Crippen LogP contribution in [0.4, 0.5) is 4.39 Å². The Bertz CT molecular complexity index is 760. The van der Waals surface area contributed by atoms with Crippen LogP contribution in [-0.4, -0.2) is 50.9 Å². The molecule has 27 heavy (non-hydrogen) atoms. The van der Waals surface area contributed by atoms with E-state index in [1.807, 2.05) is 0 Å². The molecule has 0 radical (unpaired) electrons. The van der Waals surface area contributed by atoms with E-state index in [1.54, 1.807) is 13.0 Å². The molecule has 0 aromatic rings. The first-order valence-electron chi connectivity index (χ1n) is 9.61. The average Bonchev–Trinajstić information content (AvgIpc) is 2.88. The molecule has 8 unspecified atom stereocenters. The van der Waals surface area contributed by atoms with Crippen molar-refractivity contribution < 1.29 is 29.3 Å². The van der Waals surface area contributed by atoms with Crippen molar-refractivity contribution in [1.82, 2.24) is 0 Å².